The Kier molecular flexibility index (Phi) is 6.07. The van der Waals surface area contributed by atoms with Gasteiger partial charge >= 0.3 is 7.32 Å². The topological polar surface area (TPSA) is 112 Å². The van der Waals surface area contributed by atoms with Crippen molar-refractivity contribution in [3.05, 3.63) is 36.1 Å². The molecule has 1 aromatic carbocycles. The molecule has 0 spiro atoms. The Morgan fingerprint density at radius 2 is 2.14 bits per heavy atom. The molecule has 1 fully saturated rings. The van der Waals surface area contributed by atoms with E-state index in [-0.39, 0.29) is 30.2 Å². The number of rotatable bonds is 8. The molecule has 3 N–H and O–H groups in total. The van der Waals surface area contributed by atoms with Crippen LogP contribution in [0.3, 0.4) is 0 Å². The van der Waals surface area contributed by atoms with Crippen LogP contribution >= 0.6 is 0 Å². The van der Waals surface area contributed by atoms with Crippen molar-refractivity contribution in [1.29, 1.82) is 0 Å². The first kappa shape index (κ1) is 20.4. The molecule has 1 saturated heterocycles. The van der Waals surface area contributed by atoms with Crippen LogP contribution in [0.15, 0.2) is 34.9 Å². The SMILES string of the molecule is CC1(C)CCC(=O)N1CCC(=O)N[C@@H](Cc1coc2ccccc12)OB(O)O. The molecule has 28 heavy (non-hydrogen) atoms. The number of carbonyl (C=O) groups is 2. The molecule has 8 nitrogen and oxygen atoms in total. The standard InChI is InChI=1S/C19H25BN2O6/c1-19(2)9-7-18(24)22(19)10-8-16(23)21-17(28-20(25)26)11-13-12-27-15-6-4-3-5-14(13)15/h3-6,12,17,25-26H,7-11H2,1-2H3,(H,21,23)/t17-/m1/s1. The molecule has 0 aliphatic carbocycles. The number of furan rings is 1. The van der Waals surface area contributed by atoms with Gasteiger partial charge in [-0.3, -0.25) is 9.59 Å². The number of benzene rings is 1. The van der Waals surface area contributed by atoms with Gasteiger partial charge in [-0.25, -0.2) is 0 Å². The van der Waals surface area contributed by atoms with Gasteiger partial charge < -0.3 is 29.3 Å². The van der Waals surface area contributed by atoms with E-state index >= 15 is 0 Å². The van der Waals surface area contributed by atoms with Crippen LogP contribution in [0.25, 0.3) is 11.0 Å². The molecular formula is C19H25BN2O6. The van der Waals surface area contributed by atoms with E-state index in [0.29, 0.717) is 18.5 Å². The van der Waals surface area contributed by atoms with Gasteiger partial charge in [0.1, 0.15) is 11.8 Å². The fourth-order valence-electron chi connectivity index (χ4n) is 3.58. The highest BCUT2D eigenvalue weighted by Crippen LogP contribution is 2.29. The number of fused-ring (bicyclic) bond motifs is 1. The summed E-state index contributed by atoms with van der Waals surface area (Å²) in [5, 5.41) is 21.9. The van der Waals surface area contributed by atoms with E-state index in [1.165, 1.54) is 0 Å². The van der Waals surface area contributed by atoms with Crippen molar-refractivity contribution in [2.45, 2.75) is 51.3 Å². The number of likely N-dealkylation sites (tertiary alicyclic amines) is 1. The zero-order valence-corrected chi connectivity index (χ0v) is 16.1. The lowest BCUT2D eigenvalue weighted by molar-refractivity contribution is -0.131. The van der Waals surface area contributed by atoms with E-state index in [9.17, 15) is 19.6 Å². The first-order chi connectivity index (χ1) is 13.3. The molecule has 150 valence electrons. The predicted molar refractivity (Wildman–Crippen MR) is 103 cm³/mol. The largest absolute Gasteiger partial charge is 0.635 e. The maximum absolute atomic E-state index is 12.4. The van der Waals surface area contributed by atoms with Gasteiger partial charge in [0, 0.05) is 42.3 Å². The summed E-state index contributed by atoms with van der Waals surface area (Å²) in [6.45, 7) is 4.27. The molecule has 1 aliphatic rings. The second-order valence-corrected chi connectivity index (χ2v) is 7.59. The summed E-state index contributed by atoms with van der Waals surface area (Å²) in [6.07, 6.45) is 2.17. The summed E-state index contributed by atoms with van der Waals surface area (Å²) in [4.78, 5) is 26.1. The lowest BCUT2D eigenvalue weighted by Crippen LogP contribution is -2.45. The van der Waals surface area contributed by atoms with Crippen molar-refractivity contribution in [2.24, 2.45) is 0 Å². The van der Waals surface area contributed by atoms with Crippen LogP contribution in [0.5, 0.6) is 0 Å². The van der Waals surface area contributed by atoms with Gasteiger partial charge in [-0.15, -0.1) is 0 Å². The average molecular weight is 388 g/mol. The minimum absolute atomic E-state index is 0.0428. The monoisotopic (exact) mass is 388 g/mol. The Morgan fingerprint density at radius 1 is 1.39 bits per heavy atom. The molecule has 0 bridgehead atoms. The zero-order chi connectivity index (χ0) is 20.3. The molecule has 2 amide bonds. The second kappa shape index (κ2) is 8.34. The second-order valence-electron chi connectivity index (χ2n) is 7.59. The maximum atomic E-state index is 12.4. The highest BCUT2D eigenvalue weighted by molar-refractivity contribution is 6.32. The van der Waals surface area contributed by atoms with Crippen molar-refractivity contribution in [2.75, 3.05) is 6.54 Å². The molecular weight excluding hydrogens is 363 g/mol. The third-order valence-corrected chi connectivity index (χ3v) is 5.12. The molecule has 2 heterocycles. The number of carbonyl (C=O) groups excluding carboxylic acids is 2. The van der Waals surface area contributed by atoms with Crippen LogP contribution < -0.4 is 5.32 Å². The number of hydrogen-bond donors (Lipinski definition) is 3. The average Bonchev–Trinajstić information content (AvgIpc) is 3.13. The van der Waals surface area contributed by atoms with Crippen molar-refractivity contribution < 1.29 is 28.7 Å². The summed E-state index contributed by atoms with van der Waals surface area (Å²) < 4.78 is 10.5. The lowest BCUT2D eigenvalue weighted by atomic mass is 10.0. The highest BCUT2D eigenvalue weighted by Gasteiger charge is 2.37. The summed E-state index contributed by atoms with van der Waals surface area (Å²) in [5.74, 6) is -0.296. The Hall–Kier alpha value is -2.36. The van der Waals surface area contributed by atoms with E-state index in [4.69, 9.17) is 9.07 Å². The zero-order valence-electron chi connectivity index (χ0n) is 16.1. The molecule has 2 aromatic rings. The van der Waals surface area contributed by atoms with Crippen molar-refractivity contribution in [1.82, 2.24) is 10.2 Å². The molecule has 0 unspecified atom stereocenters. The van der Waals surface area contributed by atoms with Crippen LogP contribution in [0.4, 0.5) is 0 Å². The molecule has 0 saturated carbocycles. The van der Waals surface area contributed by atoms with Crippen LogP contribution in [0, 0.1) is 0 Å². The van der Waals surface area contributed by atoms with Crippen molar-refractivity contribution in [3.63, 3.8) is 0 Å². The molecule has 0 radical (unpaired) electrons. The van der Waals surface area contributed by atoms with E-state index in [1.807, 2.05) is 38.1 Å². The summed E-state index contributed by atoms with van der Waals surface area (Å²) in [5.41, 5.74) is 1.21. The molecule has 1 aliphatic heterocycles. The Balaban J connectivity index is 1.62. The quantitative estimate of drug-likeness (QED) is 0.463. The first-order valence-electron chi connectivity index (χ1n) is 9.33. The normalized spacial score (nSPS) is 17.1. The summed E-state index contributed by atoms with van der Waals surface area (Å²) >= 11 is 0. The van der Waals surface area contributed by atoms with Gasteiger partial charge in [-0.2, -0.15) is 0 Å². The highest BCUT2D eigenvalue weighted by atomic mass is 16.6. The number of nitrogens with one attached hydrogen (secondary N) is 1. The smallest absolute Gasteiger partial charge is 0.464 e. The predicted octanol–water partition coefficient (Wildman–Crippen LogP) is 1.19. The first-order valence-corrected chi connectivity index (χ1v) is 9.33. The van der Waals surface area contributed by atoms with E-state index in [1.54, 1.807) is 11.2 Å². The van der Waals surface area contributed by atoms with Gasteiger partial charge in [-0.05, 0) is 26.3 Å². The van der Waals surface area contributed by atoms with Gasteiger partial charge in [-0.1, -0.05) is 18.2 Å². The number of para-hydroxylation sites is 1. The van der Waals surface area contributed by atoms with Gasteiger partial charge in [0.25, 0.3) is 0 Å². The van der Waals surface area contributed by atoms with Crippen LogP contribution in [-0.4, -0.2) is 52.4 Å². The third kappa shape index (κ3) is 4.73. The fourth-order valence-corrected chi connectivity index (χ4v) is 3.58. The van der Waals surface area contributed by atoms with Crippen LogP contribution in [0.2, 0.25) is 0 Å². The molecule has 1 atom stereocenters. The van der Waals surface area contributed by atoms with Gasteiger partial charge in [0.2, 0.25) is 11.8 Å². The minimum Gasteiger partial charge on any atom is -0.464 e. The van der Waals surface area contributed by atoms with E-state index in [0.717, 1.165) is 17.4 Å². The third-order valence-electron chi connectivity index (χ3n) is 5.12. The van der Waals surface area contributed by atoms with Crippen molar-refractivity contribution in [3.8, 4) is 0 Å². The van der Waals surface area contributed by atoms with Crippen LogP contribution in [-0.2, 0) is 20.7 Å². The van der Waals surface area contributed by atoms with E-state index in [2.05, 4.69) is 5.32 Å². The van der Waals surface area contributed by atoms with Gasteiger partial charge in [0.15, 0.2) is 0 Å². The maximum Gasteiger partial charge on any atom is 0.635 e. The Labute approximate surface area is 163 Å². The molecule has 3 rings (SSSR count). The van der Waals surface area contributed by atoms with Gasteiger partial charge in [0.05, 0.1) is 6.26 Å². The number of hydrogen-bond acceptors (Lipinski definition) is 6. The minimum atomic E-state index is -2.03. The lowest BCUT2D eigenvalue weighted by Gasteiger charge is -2.31. The van der Waals surface area contributed by atoms with E-state index < -0.39 is 13.5 Å². The Morgan fingerprint density at radius 3 is 2.82 bits per heavy atom. The number of nitrogens with zero attached hydrogens (tertiary/aromatic N) is 1. The molecule has 9 heteroatoms. The van der Waals surface area contributed by atoms with Crippen molar-refractivity contribution >= 4 is 30.1 Å². The Bertz CT molecular complexity index is 850. The molecule has 1 aromatic heterocycles. The van der Waals surface area contributed by atoms with Crippen LogP contribution in [0.1, 0.15) is 38.7 Å². The summed E-state index contributed by atoms with van der Waals surface area (Å²) in [7, 11) is -2.03. The fraction of sp³-hybridized carbons (Fsp3) is 0.474. The summed E-state index contributed by atoms with van der Waals surface area (Å²) in [6, 6.07) is 7.42. The number of amides is 2.